The molecule has 110 valence electrons. The molecule has 21 heavy (non-hydrogen) atoms. The molecule has 0 heterocycles. The highest BCUT2D eigenvalue weighted by Crippen LogP contribution is 2.22. The van der Waals surface area contributed by atoms with Gasteiger partial charge in [0.05, 0.1) is 12.7 Å². The maximum atomic E-state index is 10.9. The van der Waals surface area contributed by atoms with Crippen LogP contribution in [0.1, 0.15) is 15.9 Å². The quantitative estimate of drug-likeness (QED) is 0.832. The number of benzene rings is 2. The van der Waals surface area contributed by atoms with Gasteiger partial charge < -0.3 is 15.2 Å². The minimum Gasteiger partial charge on any atom is -0.496 e. The van der Waals surface area contributed by atoms with Gasteiger partial charge in [0.15, 0.2) is 0 Å². The van der Waals surface area contributed by atoms with Crippen molar-refractivity contribution in [3.05, 3.63) is 58.1 Å². The van der Waals surface area contributed by atoms with Crippen LogP contribution in [0.2, 0.25) is 0 Å². The molecule has 0 fully saturated rings. The number of hydrogen-bond donors (Lipinski definition) is 2. The number of carboxylic acid groups (broad SMARTS) is 1. The van der Waals surface area contributed by atoms with Crippen LogP contribution < -0.4 is 10.1 Å². The number of nitrogens with one attached hydrogen (secondary N) is 1. The van der Waals surface area contributed by atoms with E-state index in [1.165, 1.54) is 0 Å². The minimum atomic E-state index is -0.942. The van der Waals surface area contributed by atoms with Crippen molar-refractivity contribution in [1.82, 2.24) is 0 Å². The van der Waals surface area contributed by atoms with Crippen LogP contribution in [-0.4, -0.2) is 24.7 Å². The normalized spacial score (nSPS) is 10.2. The number of anilines is 1. The van der Waals surface area contributed by atoms with E-state index in [1.807, 2.05) is 24.3 Å². The summed E-state index contributed by atoms with van der Waals surface area (Å²) in [6.45, 7) is 0.735. The second-order valence-corrected chi connectivity index (χ2v) is 5.34. The Kier molecular flexibility index (Phi) is 5.22. The highest BCUT2D eigenvalue weighted by Gasteiger charge is 2.08. The molecular weight excluding hydrogens is 334 g/mol. The van der Waals surface area contributed by atoms with Gasteiger partial charge >= 0.3 is 5.97 Å². The van der Waals surface area contributed by atoms with Crippen LogP contribution in [0.15, 0.2) is 46.9 Å². The van der Waals surface area contributed by atoms with Crippen LogP contribution in [0.3, 0.4) is 0 Å². The molecule has 0 aliphatic carbocycles. The number of hydrogen-bond acceptors (Lipinski definition) is 3. The third kappa shape index (κ3) is 3.98. The summed E-state index contributed by atoms with van der Waals surface area (Å²) in [5, 5.41) is 12.2. The lowest BCUT2D eigenvalue weighted by molar-refractivity contribution is 0.0696. The second kappa shape index (κ2) is 7.13. The smallest absolute Gasteiger partial charge is 0.336 e. The van der Waals surface area contributed by atoms with Crippen molar-refractivity contribution in [3.8, 4) is 5.75 Å². The predicted molar refractivity (Wildman–Crippen MR) is 86.3 cm³/mol. The topological polar surface area (TPSA) is 58.6 Å². The number of carbonyl (C=O) groups is 1. The Morgan fingerprint density at radius 3 is 2.71 bits per heavy atom. The van der Waals surface area contributed by atoms with Gasteiger partial charge in [-0.25, -0.2) is 4.79 Å². The molecule has 2 aromatic carbocycles. The zero-order valence-electron chi connectivity index (χ0n) is 11.6. The average molecular weight is 350 g/mol. The summed E-state index contributed by atoms with van der Waals surface area (Å²) in [6, 6.07) is 13.0. The number of rotatable bonds is 6. The Morgan fingerprint density at radius 1 is 1.29 bits per heavy atom. The lowest BCUT2D eigenvalue weighted by atomic mass is 10.1. The molecule has 0 atom stereocenters. The van der Waals surface area contributed by atoms with Gasteiger partial charge in [-0.3, -0.25) is 0 Å². The van der Waals surface area contributed by atoms with Gasteiger partial charge in [-0.15, -0.1) is 0 Å². The van der Waals surface area contributed by atoms with Crippen LogP contribution in [0.25, 0.3) is 0 Å². The summed E-state index contributed by atoms with van der Waals surface area (Å²) in [5.74, 6) is -0.0656. The van der Waals surface area contributed by atoms with Gasteiger partial charge in [0.1, 0.15) is 5.75 Å². The Morgan fingerprint density at radius 2 is 2.05 bits per heavy atom. The van der Waals surface area contributed by atoms with Crippen molar-refractivity contribution < 1.29 is 14.6 Å². The first-order chi connectivity index (χ1) is 10.1. The fraction of sp³-hybridized carbons (Fsp3) is 0.188. The van der Waals surface area contributed by atoms with E-state index in [1.54, 1.807) is 25.3 Å². The zero-order chi connectivity index (χ0) is 15.2. The van der Waals surface area contributed by atoms with E-state index in [2.05, 4.69) is 21.2 Å². The van der Waals surface area contributed by atoms with E-state index in [-0.39, 0.29) is 5.56 Å². The van der Waals surface area contributed by atoms with Crippen molar-refractivity contribution >= 4 is 27.6 Å². The van der Waals surface area contributed by atoms with Gasteiger partial charge in [0.25, 0.3) is 0 Å². The number of ether oxygens (including phenoxy) is 1. The SMILES string of the molecule is COc1ccccc1CCNc1ccc(C(=O)O)c(Br)c1. The zero-order valence-corrected chi connectivity index (χ0v) is 13.2. The summed E-state index contributed by atoms with van der Waals surface area (Å²) < 4.78 is 5.88. The van der Waals surface area contributed by atoms with Gasteiger partial charge in [-0.05, 0) is 52.2 Å². The third-order valence-electron chi connectivity index (χ3n) is 3.12. The summed E-state index contributed by atoms with van der Waals surface area (Å²) >= 11 is 3.27. The second-order valence-electron chi connectivity index (χ2n) is 4.49. The van der Waals surface area contributed by atoms with Gasteiger partial charge in [-0.2, -0.15) is 0 Å². The Bertz CT molecular complexity index is 643. The first kappa shape index (κ1) is 15.4. The van der Waals surface area contributed by atoms with E-state index < -0.39 is 5.97 Å². The van der Waals surface area contributed by atoms with Crippen LogP contribution in [0, 0.1) is 0 Å². The maximum absolute atomic E-state index is 10.9. The van der Waals surface area contributed by atoms with E-state index in [4.69, 9.17) is 9.84 Å². The number of methoxy groups -OCH3 is 1. The lowest BCUT2D eigenvalue weighted by Gasteiger charge is -2.10. The van der Waals surface area contributed by atoms with E-state index >= 15 is 0 Å². The molecule has 2 N–H and O–H groups in total. The molecule has 0 saturated heterocycles. The van der Waals surface area contributed by atoms with E-state index in [0.717, 1.165) is 30.0 Å². The molecule has 2 rings (SSSR count). The number of aromatic carboxylic acids is 1. The monoisotopic (exact) mass is 349 g/mol. The molecule has 5 heteroatoms. The Hall–Kier alpha value is -2.01. The summed E-state index contributed by atoms with van der Waals surface area (Å²) in [4.78, 5) is 10.9. The Labute approximate surface area is 131 Å². The van der Waals surface area contributed by atoms with Crippen LogP contribution in [0.4, 0.5) is 5.69 Å². The number of carboxylic acids is 1. The molecule has 4 nitrogen and oxygen atoms in total. The standard InChI is InChI=1S/C16H16BrNO3/c1-21-15-5-3-2-4-11(15)8-9-18-12-6-7-13(16(19)20)14(17)10-12/h2-7,10,18H,8-9H2,1H3,(H,19,20). The highest BCUT2D eigenvalue weighted by molar-refractivity contribution is 9.10. The maximum Gasteiger partial charge on any atom is 0.336 e. The van der Waals surface area contributed by atoms with Gasteiger partial charge in [0, 0.05) is 16.7 Å². The molecule has 0 unspecified atom stereocenters. The summed E-state index contributed by atoms with van der Waals surface area (Å²) in [7, 11) is 1.66. The van der Waals surface area contributed by atoms with Crippen molar-refractivity contribution in [2.24, 2.45) is 0 Å². The van der Waals surface area contributed by atoms with Gasteiger partial charge in [-0.1, -0.05) is 18.2 Å². The van der Waals surface area contributed by atoms with Crippen LogP contribution in [-0.2, 0) is 6.42 Å². The molecule has 0 bridgehead atoms. The molecule has 0 aromatic heterocycles. The van der Waals surface area contributed by atoms with E-state index in [0.29, 0.717) is 4.47 Å². The van der Waals surface area contributed by atoms with Crippen molar-refractivity contribution in [1.29, 1.82) is 0 Å². The minimum absolute atomic E-state index is 0.255. The molecular formula is C16H16BrNO3. The van der Waals surface area contributed by atoms with Crippen molar-refractivity contribution in [2.45, 2.75) is 6.42 Å². The van der Waals surface area contributed by atoms with E-state index in [9.17, 15) is 4.79 Å². The number of halogens is 1. The van der Waals surface area contributed by atoms with Crippen LogP contribution in [0.5, 0.6) is 5.75 Å². The average Bonchev–Trinajstić information content (AvgIpc) is 2.47. The molecule has 0 aliphatic heterocycles. The highest BCUT2D eigenvalue weighted by atomic mass is 79.9. The number of para-hydroxylation sites is 1. The largest absolute Gasteiger partial charge is 0.496 e. The summed E-state index contributed by atoms with van der Waals surface area (Å²) in [6.07, 6.45) is 0.822. The molecule has 0 saturated carbocycles. The van der Waals surface area contributed by atoms with Crippen molar-refractivity contribution in [3.63, 3.8) is 0 Å². The van der Waals surface area contributed by atoms with Crippen LogP contribution >= 0.6 is 15.9 Å². The molecule has 0 spiro atoms. The molecule has 0 amide bonds. The fourth-order valence-electron chi connectivity index (χ4n) is 2.05. The van der Waals surface area contributed by atoms with Gasteiger partial charge in [0.2, 0.25) is 0 Å². The molecule has 0 aliphatic rings. The molecule has 0 radical (unpaired) electrons. The first-order valence-corrected chi connectivity index (χ1v) is 7.29. The lowest BCUT2D eigenvalue weighted by Crippen LogP contribution is -2.06. The predicted octanol–water partition coefficient (Wildman–Crippen LogP) is 3.81. The first-order valence-electron chi connectivity index (χ1n) is 6.50. The molecule has 2 aromatic rings. The fourth-order valence-corrected chi connectivity index (χ4v) is 2.60. The summed E-state index contributed by atoms with van der Waals surface area (Å²) in [5.41, 5.74) is 2.26. The Balaban J connectivity index is 1.97. The van der Waals surface area contributed by atoms with Crippen molar-refractivity contribution in [2.75, 3.05) is 19.0 Å². The third-order valence-corrected chi connectivity index (χ3v) is 3.77.